The minimum absolute atomic E-state index is 0.719. The Morgan fingerprint density at radius 3 is 2.81 bits per heavy atom. The highest BCUT2D eigenvalue weighted by Crippen LogP contribution is 2.13. The van der Waals surface area contributed by atoms with Crippen molar-refractivity contribution < 1.29 is 0 Å². The van der Waals surface area contributed by atoms with E-state index in [1.165, 1.54) is 0 Å². The molecule has 1 aliphatic heterocycles. The van der Waals surface area contributed by atoms with Crippen molar-refractivity contribution in [3.63, 3.8) is 0 Å². The summed E-state index contributed by atoms with van der Waals surface area (Å²) < 4.78 is 0. The van der Waals surface area contributed by atoms with Crippen molar-refractivity contribution in [2.24, 2.45) is 10.1 Å². The zero-order valence-electron chi connectivity index (χ0n) is 10.2. The zero-order chi connectivity index (χ0) is 12.0. The van der Waals surface area contributed by atoms with E-state index < -0.39 is 0 Å². The molecule has 0 spiro atoms. The second-order valence-electron chi connectivity index (χ2n) is 3.66. The average molecular weight is 217 g/mol. The molecule has 1 rings (SSSR count). The van der Waals surface area contributed by atoms with Gasteiger partial charge in [0.15, 0.2) is 0 Å². The van der Waals surface area contributed by atoms with Gasteiger partial charge in [0.25, 0.3) is 0 Å². The van der Waals surface area contributed by atoms with Crippen molar-refractivity contribution in [2.75, 3.05) is 0 Å². The summed E-state index contributed by atoms with van der Waals surface area (Å²) >= 11 is 0. The maximum atomic E-state index is 4.28. The topological polar surface area (TPSA) is 36.8 Å². The lowest BCUT2D eigenvalue weighted by Crippen LogP contribution is -2.23. The highest BCUT2D eigenvalue weighted by atomic mass is 15.3. The fraction of sp³-hybridized carbons (Fsp3) is 0.385. The Labute approximate surface area is 97.4 Å². The van der Waals surface area contributed by atoms with Crippen LogP contribution in [0.1, 0.15) is 33.6 Å². The first-order valence-electron chi connectivity index (χ1n) is 5.60. The van der Waals surface area contributed by atoms with E-state index in [-0.39, 0.29) is 0 Å². The number of nitrogens with zero attached hydrogens (tertiary/aromatic N) is 2. The first-order valence-corrected chi connectivity index (χ1v) is 5.60. The molecule has 1 aliphatic rings. The number of hydrogen-bond acceptors (Lipinski definition) is 3. The number of unbranched alkanes of at least 4 members (excludes halogenated alkanes) is 1. The van der Waals surface area contributed by atoms with Gasteiger partial charge in [0.1, 0.15) is 11.5 Å². The monoisotopic (exact) mass is 217 g/mol. The normalized spacial score (nSPS) is 17.2. The highest BCUT2D eigenvalue weighted by molar-refractivity contribution is 6.15. The summed E-state index contributed by atoms with van der Waals surface area (Å²) in [4.78, 5) is 4.28. The van der Waals surface area contributed by atoms with Crippen molar-refractivity contribution >= 4 is 11.5 Å². The third kappa shape index (κ3) is 3.19. The molecule has 0 aromatic carbocycles. The van der Waals surface area contributed by atoms with Crippen LogP contribution in [0, 0.1) is 0 Å². The number of amidine groups is 1. The fourth-order valence-electron chi connectivity index (χ4n) is 1.44. The van der Waals surface area contributed by atoms with Gasteiger partial charge in [-0.25, -0.2) is 4.99 Å². The molecule has 3 heteroatoms. The molecule has 0 aromatic rings. The Morgan fingerprint density at radius 2 is 2.25 bits per heavy atom. The molecule has 0 aliphatic carbocycles. The SMILES string of the molecule is C=C1N=C(C)NN=C1C(/C=C\C)=C/CCC. The van der Waals surface area contributed by atoms with E-state index in [0.717, 1.165) is 35.7 Å². The maximum Gasteiger partial charge on any atom is 0.119 e. The van der Waals surface area contributed by atoms with Crippen LogP contribution in [-0.2, 0) is 0 Å². The quantitative estimate of drug-likeness (QED) is 0.721. The van der Waals surface area contributed by atoms with Crippen LogP contribution in [-0.4, -0.2) is 11.5 Å². The lowest BCUT2D eigenvalue weighted by Gasteiger charge is -2.14. The van der Waals surface area contributed by atoms with E-state index in [1.54, 1.807) is 0 Å². The van der Waals surface area contributed by atoms with Crippen molar-refractivity contribution in [3.05, 3.63) is 36.1 Å². The third-order valence-electron chi connectivity index (χ3n) is 2.18. The van der Waals surface area contributed by atoms with E-state index in [9.17, 15) is 0 Å². The lowest BCUT2D eigenvalue weighted by molar-refractivity contribution is 0.951. The second-order valence-corrected chi connectivity index (χ2v) is 3.66. The van der Waals surface area contributed by atoms with Crippen LogP contribution in [0.3, 0.4) is 0 Å². The van der Waals surface area contributed by atoms with Gasteiger partial charge in [0.2, 0.25) is 0 Å². The van der Waals surface area contributed by atoms with E-state index in [4.69, 9.17) is 0 Å². The van der Waals surface area contributed by atoms with Crippen molar-refractivity contribution in [3.8, 4) is 0 Å². The molecular weight excluding hydrogens is 198 g/mol. The molecule has 16 heavy (non-hydrogen) atoms. The van der Waals surface area contributed by atoms with Crippen LogP contribution in [0.5, 0.6) is 0 Å². The molecule has 0 amide bonds. The minimum atomic E-state index is 0.719. The number of aliphatic imine (C=N–C) groups is 1. The fourth-order valence-corrected chi connectivity index (χ4v) is 1.44. The Bertz CT molecular complexity index is 384. The van der Waals surface area contributed by atoms with Gasteiger partial charge in [0, 0.05) is 0 Å². The third-order valence-corrected chi connectivity index (χ3v) is 2.18. The van der Waals surface area contributed by atoms with E-state index in [0.29, 0.717) is 0 Å². The smallest absolute Gasteiger partial charge is 0.119 e. The summed E-state index contributed by atoms with van der Waals surface area (Å²) in [6, 6.07) is 0. The van der Waals surface area contributed by atoms with Crippen molar-refractivity contribution in [2.45, 2.75) is 33.6 Å². The van der Waals surface area contributed by atoms with E-state index >= 15 is 0 Å². The summed E-state index contributed by atoms with van der Waals surface area (Å²) in [5.41, 5.74) is 5.51. The number of nitrogens with one attached hydrogen (secondary N) is 1. The molecule has 0 saturated heterocycles. The molecule has 0 radical (unpaired) electrons. The standard InChI is InChI=1S/C13H19N3/c1-5-7-9-12(8-6-2)13-10(3)14-11(4)15-16-13/h6,8-9H,3,5,7H2,1-2,4H3,(H,14,15)/b8-6-,12-9+. The number of rotatable bonds is 4. The van der Waals surface area contributed by atoms with Gasteiger partial charge in [0.05, 0.1) is 5.70 Å². The van der Waals surface area contributed by atoms with Gasteiger partial charge in [-0.2, -0.15) is 5.10 Å². The summed E-state index contributed by atoms with van der Waals surface area (Å²) in [6.07, 6.45) is 8.37. The molecule has 0 fully saturated rings. The molecule has 3 nitrogen and oxygen atoms in total. The van der Waals surface area contributed by atoms with Gasteiger partial charge in [-0.05, 0) is 25.8 Å². The molecule has 86 valence electrons. The Hall–Kier alpha value is -1.64. The molecule has 1 heterocycles. The van der Waals surface area contributed by atoms with Crippen LogP contribution in [0.2, 0.25) is 0 Å². The maximum absolute atomic E-state index is 4.28. The second kappa shape index (κ2) is 6.05. The molecule has 0 atom stereocenters. The average Bonchev–Trinajstić information content (AvgIpc) is 2.25. The molecule has 1 N–H and O–H groups in total. The molecule has 0 saturated carbocycles. The summed E-state index contributed by atoms with van der Waals surface area (Å²) in [7, 11) is 0. The predicted molar refractivity (Wildman–Crippen MR) is 70.6 cm³/mol. The zero-order valence-corrected chi connectivity index (χ0v) is 10.2. The predicted octanol–water partition coefficient (Wildman–Crippen LogP) is 3.18. The largest absolute Gasteiger partial charge is 0.264 e. The summed E-state index contributed by atoms with van der Waals surface area (Å²) in [5, 5.41) is 4.28. The molecule has 0 bridgehead atoms. The van der Waals surface area contributed by atoms with E-state index in [2.05, 4.69) is 35.1 Å². The van der Waals surface area contributed by atoms with Crippen LogP contribution >= 0.6 is 0 Å². The van der Waals surface area contributed by atoms with Gasteiger partial charge >= 0.3 is 0 Å². The molecule has 0 unspecified atom stereocenters. The van der Waals surface area contributed by atoms with Gasteiger partial charge in [-0.15, -0.1) is 0 Å². The van der Waals surface area contributed by atoms with Crippen LogP contribution < -0.4 is 5.43 Å². The Morgan fingerprint density at radius 1 is 1.50 bits per heavy atom. The first kappa shape index (κ1) is 12.4. The first-order chi connectivity index (χ1) is 7.69. The Balaban J connectivity index is 2.93. The van der Waals surface area contributed by atoms with E-state index in [1.807, 2.05) is 26.0 Å². The van der Waals surface area contributed by atoms with Crippen LogP contribution in [0.25, 0.3) is 0 Å². The minimum Gasteiger partial charge on any atom is -0.264 e. The van der Waals surface area contributed by atoms with Gasteiger partial charge < -0.3 is 0 Å². The summed E-state index contributed by atoms with van der Waals surface area (Å²) in [5.74, 6) is 0.782. The summed E-state index contributed by atoms with van der Waals surface area (Å²) in [6.45, 7) is 9.94. The molecule has 0 aromatic heterocycles. The Kier molecular flexibility index (Phi) is 4.70. The number of hydrazone groups is 1. The highest BCUT2D eigenvalue weighted by Gasteiger charge is 2.12. The van der Waals surface area contributed by atoms with Crippen LogP contribution in [0.4, 0.5) is 0 Å². The van der Waals surface area contributed by atoms with Crippen molar-refractivity contribution in [1.82, 2.24) is 5.43 Å². The van der Waals surface area contributed by atoms with Gasteiger partial charge in [-0.1, -0.05) is 38.2 Å². The molecular formula is C13H19N3. The van der Waals surface area contributed by atoms with Gasteiger partial charge in [-0.3, -0.25) is 5.43 Å². The number of hydrogen-bond donors (Lipinski definition) is 1. The van der Waals surface area contributed by atoms with Crippen molar-refractivity contribution in [1.29, 1.82) is 0 Å². The lowest BCUT2D eigenvalue weighted by atomic mass is 10.1. The van der Waals surface area contributed by atoms with Crippen LogP contribution in [0.15, 0.2) is 46.2 Å². The number of allylic oxidation sites excluding steroid dienone is 4.